The van der Waals surface area contributed by atoms with E-state index in [4.69, 9.17) is 23.7 Å². The number of carbonyl (C=O) groups is 1. The van der Waals surface area contributed by atoms with Gasteiger partial charge in [0, 0.05) is 13.5 Å². The lowest BCUT2D eigenvalue weighted by atomic mass is 10.0. The van der Waals surface area contributed by atoms with E-state index in [0.29, 0.717) is 6.42 Å². The number of carbonyl (C=O) groups excluding carboxylic acids is 1. The molecule has 2 aliphatic rings. The lowest BCUT2D eigenvalue weighted by Gasteiger charge is -2.43. The van der Waals surface area contributed by atoms with Crippen LogP contribution in [-0.4, -0.2) is 112 Å². The summed E-state index contributed by atoms with van der Waals surface area (Å²) in [5.74, 6) is -2.73. The Labute approximate surface area is 199 Å². The fourth-order valence-electron chi connectivity index (χ4n) is 4.04. The Balaban J connectivity index is 1.86. The van der Waals surface area contributed by atoms with Gasteiger partial charge < -0.3 is 54.3 Å². The highest BCUT2D eigenvalue weighted by atomic mass is 16.8. The van der Waals surface area contributed by atoms with Gasteiger partial charge in [-0.05, 0) is 6.42 Å². The molecule has 6 N–H and O–H groups in total. The first-order valence-corrected chi connectivity index (χ1v) is 11.9. The largest absolute Gasteiger partial charge is 0.463 e. The molecule has 0 amide bonds. The van der Waals surface area contributed by atoms with Crippen LogP contribution in [0.25, 0.3) is 0 Å². The van der Waals surface area contributed by atoms with Crippen LogP contribution in [0.4, 0.5) is 0 Å². The highest BCUT2D eigenvalue weighted by molar-refractivity contribution is 5.69. The number of methoxy groups -OCH3 is 1. The first kappa shape index (κ1) is 29.3. The van der Waals surface area contributed by atoms with Crippen LogP contribution in [0.3, 0.4) is 0 Å². The third kappa shape index (κ3) is 7.29. The van der Waals surface area contributed by atoms with E-state index in [9.17, 15) is 35.4 Å². The number of rotatable bonds is 14. The molecule has 2 saturated heterocycles. The molecule has 0 bridgehead atoms. The van der Waals surface area contributed by atoms with Crippen molar-refractivity contribution in [3.8, 4) is 0 Å². The van der Waals surface area contributed by atoms with Crippen LogP contribution in [0.1, 0.15) is 58.3 Å². The molecule has 0 unspecified atom stereocenters. The molecular weight excluding hydrogens is 456 g/mol. The Morgan fingerprint density at radius 3 is 2.12 bits per heavy atom. The summed E-state index contributed by atoms with van der Waals surface area (Å²) in [4.78, 5) is 12.0. The van der Waals surface area contributed by atoms with Crippen molar-refractivity contribution in [3.63, 3.8) is 0 Å². The van der Waals surface area contributed by atoms with Gasteiger partial charge in [0.2, 0.25) is 5.79 Å². The van der Waals surface area contributed by atoms with Crippen LogP contribution in [-0.2, 0) is 28.5 Å². The lowest BCUT2D eigenvalue weighted by Crippen LogP contribution is -2.62. The maximum Gasteiger partial charge on any atom is 0.305 e. The van der Waals surface area contributed by atoms with E-state index in [0.717, 1.165) is 19.3 Å². The van der Waals surface area contributed by atoms with E-state index in [-0.39, 0.29) is 6.42 Å². The summed E-state index contributed by atoms with van der Waals surface area (Å²) in [6, 6.07) is 0. The second-order valence-corrected chi connectivity index (χ2v) is 8.81. The summed E-state index contributed by atoms with van der Waals surface area (Å²) < 4.78 is 26.2. The number of esters is 1. The van der Waals surface area contributed by atoms with Gasteiger partial charge in [-0.1, -0.05) is 45.4 Å². The van der Waals surface area contributed by atoms with E-state index in [1.165, 1.54) is 26.4 Å². The predicted molar refractivity (Wildman–Crippen MR) is 115 cm³/mol. The smallest absolute Gasteiger partial charge is 0.305 e. The van der Waals surface area contributed by atoms with E-state index < -0.39 is 74.2 Å². The van der Waals surface area contributed by atoms with Gasteiger partial charge in [0.1, 0.15) is 49.8 Å². The van der Waals surface area contributed by atoms with Crippen molar-refractivity contribution < 1.29 is 59.1 Å². The van der Waals surface area contributed by atoms with Gasteiger partial charge in [0.25, 0.3) is 0 Å². The van der Waals surface area contributed by atoms with Crippen molar-refractivity contribution in [2.45, 2.75) is 113 Å². The Morgan fingerprint density at radius 2 is 1.50 bits per heavy atom. The van der Waals surface area contributed by atoms with Gasteiger partial charge >= 0.3 is 5.97 Å². The summed E-state index contributed by atoms with van der Waals surface area (Å²) >= 11 is 0. The second kappa shape index (κ2) is 14.0. The lowest BCUT2D eigenvalue weighted by molar-refractivity contribution is -0.404. The van der Waals surface area contributed by atoms with Gasteiger partial charge in [0.15, 0.2) is 12.6 Å². The van der Waals surface area contributed by atoms with Crippen molar-refractivity contribution in [2.75, 3.05) is 20.3 Å². The summed E-state index contributed by atoms with van der Waals surface area (Å²) in [5.41, 5.74) is 0. The summed E-state index contributed by atoms with van der Waals surface area (Å²) in [6.45, 7) is 0.793. The van der Waals surface area contributed by atoms with Crippen LogP contribution >= 0.6 is 0 Å². The minimum absolute atomic E-state index is 0.210. The third-order valence-electron chi connectivity index (χ3n) is 6.19. The van der Waals surface area contributed by atoms with Crippen LogP contribution in [0.15, 0.2) is 0 Å². The normalized spacial score (nSPS) is 38.2. The van der Waals surface area contributed by atoms with Crippen LogP contribution < -0.4 is 0 Å². The molecule has 12 nitrogen and oxygen atoms in total. The second-order valence-electron chi connectivity index (χ2n) is 8.81. The fourth-order valence-corrected chi connectivity index (χ4v) is 4.04. The summed E-state index contributed by atoms with van der Waals surface area (Å²) in [6.07, 6.45) is -5.20. The molecule has 0 spiro atoms. The zero-order chi connectivity index (χ0) is 25.3. The van der Waals surface area contributed by atoms with Crippen molar-refractivity contribution in [3.05, 3.63) is 0 Å². The molecule has 12 heteroatoms. The first-order valence-electron chi connectivity index (χ1n) is 11.9. The minimum Gasteiger partial charge on any atom is -0.463 e. The first-order chi connectivity index (χ1) is 16.2. The van der Waals surface area contributed by atoms with Crippen LogP contribution in [0.5, 0.6) is 0 Å². The number of aliphatic hydroxyl groups excluding tert-OH is 6. The molecule has 0 aliphatic carbocycles. The van der Waals surface area contributed by atoms with Gasteiger partial charge in [-0.25, -0.2) is 0 Å². The Morgan fingerprint density at radius 1 is 0.882 bits per heavy atom. The molecule has 200 valence electrons. The maximum absolute atomic E-state index is 12.0. The summed E-state index contributed by atoms with van der Waals surface area (Å²) in [7, 11) is 1.19. The van der Waals surface area contributed by atoms with E-state index in [1.54, 1.807) is 0 Å². The molecule has 2 rings (SSSR count). The highest BCUT2D eigenvalue weighted by Crippen LogP contribution is 2.36. The van der Waals surface area contributed by atoms with Crippen LogP contribution in [0, 0.1) is 0 Å². The van der Waals surface area contributed by atoms with E-state index >= 15 is 0 Å². The van der Waals surface area contributed by atoms with Crippen molar-refractivity contribution >= 4 is 5.97 Å². The summed E-state index contributed by atoms with van der Waals surface area (Å²) in [5, 5.41) is 60.8. The SMILES string of the molecule is CCCCCCCCCC(=O)OC[C@H]1O[C@@](CO)(O[C@H]2O[C@@H](OC)[C@@H](O)[C@H](O)[C@@H]2O)[C@@H](O)[C@@H]1O. The number of aliphatic hydroxyl groups is 6. The zero-order valence-corrected chi connectivity index (χ0v) is 19.8. The highest BCUT2D eigenvalue weighted by Gasteiger charge is 2.58. The third-order valence-corrected chi connectivity index (χ3v) is 6.19. The monoisotopic (exact) mass is 496 g/mol. The van der Waals surface area contributed by atoms with Crippen molar-refractivity contribution in [1.82, 2.24) is 0 Å². The number of hydrogen-bond acceptors (Lipinski definition) is 12. The van der Waals surface area contributed by atoms with E-state index in [1.807, 2.05) is 0 Å². The molecule has 0 saturated carbocycles. The van der Waals surface area contributed by atoms with Gasteiger partial charge in [-0.3, -0.25) is 4.79 Å². The predicted octanol–water partition coefficient (Wildman–Crippen LogP) is -1.09. The van der Waals surface area contributed by atoms with Gasteiger partial charge in [-0.15, -0.1) is 0 Å². The number of unbranched alkanes of at least 4 members (excludes halogenated alkanes) is 6. The topological polar surface area (TPSA) is 185 Å². The number of ether oxygens (including phenoxy) is 5. The van der Waals surface area contributed by atoms with Crippen molar-refractivity contribution in [2.24, 2.45) is 0 Å². The Bertz CT molecular complexity index is 604. The molecule has 0 aromatic rings. The Hall–Kier alpha value is -0.930. The van der Waals surface area contributed by atoms with Gasteiger partial charge in [0.05, 0.1) is 0 Å². The quantitative estimate of drug-likeness (QED) is 0.126. The molecule has 0 aromatic carbocycles. The molecule has 9 atom stereocenters. The average molecular weight is 497 g/mol. The van der Waals surface area contributed by atoms with Crippen molar-refractivity contribution in [1.29, 1.82) is 0 Å². The Kier molecular flexibility index (Phi) is 12.0. The zero-order valence-electron chi connectivity index (χ0n) is 19.8. The molecule has 2 heterocycles. The maximum atomic E-state index is 12.0. The fraction of sp³-hybridized carbons (Fsp3) is 0.955. The molecule has 0 radical (unpaired) electrons. The van der Waals surface area contributed by atoms with E-state index in [2.05, 4.69) is 6.92 Å². The molecular formula is C22H40O12. The molecule has 2 aliphatic heterocycles. The van der Waals surface area contributed by atoms with Gasteiger partial charge in [-0.2, -0.15) is 0 Å². The number of hydrogen-bond donors (Lipinski definition) is 6. The van der Waals surface area contributed by atoms with Crippen LogP contribution in [0.2, 0.25) is 0 Å². The molecule has 34 heavy (non-hydrogen) atoms. The standard InChI is InChI=1S/C22H40O12/c1-3-4-5-6-7-8-9-10-14(24)31-11-13-15(25)19(29)22(12-23,33-13)34-21-18(28)16(26)17(27)20(30-2)32-21/h13,15-21,23,25-29H,3-12H2,1-2H3/t13-,15-,16+,17+,18+,19+,20-,21-,22+/m1/s1. The molecule has 0 aromatic heterocycles. The average Bonchev–Trinajstić information content (AvgIpc) is 3.07. The minimum atomic E-state index is -2.25. The molecule has 2 fully saturated rings.